The summed E-state index contributed by atoms with van der Waals surface area (Å²) in [6.45, 7) is 0. The lowest BCUT2D eigenvalue weighted by atomic mass is 10.2. The smallest absolute Gasteiger partial charge is 0.256 e. The Kier molecular flexibility index (Phi) is 3.90. The maximum Gasteiger partial charge on any atom is 0.256 e. The lowest BCUT2D eigenvalue weighted by Gasteiger charge is -2.09. The molecule has 3 rings (SSSR count). The number of hydrogen-bond donors (Lipinski definition) is 2. The number of aryl methyl sites for hydroxylation is 1. The number of carbonyl (C=O) groups is 1. The number of halogens is 1. The first kappa shape index (κ1) is 15.6. The van der Waals surface area contributed by atoms with E-state index in [1.807, 2.05) is 0 Å². The van der Waals surface area contributed by atoms with Crippen molar-refractivity contribution < 1.29 is 17.6 Å². The summed E-state index contributed by atoms with van der Waals surface area (Å²) in [5.41, 5.74) is 0.0354. The summed E-state index contributed by atoms with van der Waals surface area (Å²) < 4.78 is 42.0. The Morgan fingerprint density at radius 2 is 2.09 bits per heavy atom. The second-order valence-corrected chi connectivity index (χ2v) is 7.05. The minimum Gasteiger partial charge on any atom is -0.305 e. The van der Waals surface area contributed by atoms with Crippen LogP contribution in [0.1, 0.15) is 23.2 Å². The topological polar surface area (TPSA) is 93.1 Å². The second-order valence-electron chi connectivity index (χ2n) is 5.37. The van der Waals surface area contributed by atoms with Crippen molar-refractivity contribution in [2.24, 2.45) is 7.05 Å². The molecule has 1 heterocycles. The van der Waals surface area contributed by atoms with Crippen LogP contribution in [-0.4, -0.2) is 30.1 Å². The number of sulfonamides is 1. The third-order valence-corrected chi connectivity index (χ3v) is 4.87. The molecule has 122 valence electrons. The molecule has 1 aliphatic rings. The zero-order valence-electron chi connectivity index (χ0n) is 12.3. The first-order chi connectivity index (χ1) is 10.8. The number of anilines is 1. The average Bonchev–Trinajstić information content (AvgIpc) is 3.19. The summed E-state index contributed by atoms with van der Waals surface area (Å²) in [7, 11) is -2.28. The summed E-state index contributed by atoms with van der Waals surface area (Å²) >= 11 is 0. The molecule has 0 unspecified atom stereocenters. The van der Waals surface area contributed by atoms with Gasteiger partial charge in [-0.2, -0.15) is 5.10 Å². The normalized spacial score (nSPS) is 14.7. The third kappa shape index (κ3) is 3.57. The molecule has 2 N–H and O–H groups in total. The van der Waals surface area contributed by atoms with Crippen LogP contribution in [0, 0.1) is 5.82 Å². The van der Waals surface area contributed by atoms with Gasteiger partial charge in [-0.1, -0.05) is 0 Å². The van der Waals surface area contributed by atoms with Crippen molar-refractivity contribution in [3.63, 3.8) is 0 Å². The van der Waals surface area contributed by atoms with Crippen LogP contribution in [0.25, 0.3) is 0 Å². The highest BCUT2D eigenvalue weighted by Gasteiger charge is 2.30. The highest BCUT2D eigenvalue weighted by atomic mass is 32.2. The molecule has 1 aromatic carbocycles. The van der Waals surface area contributed by atoms with E-state index < -0.39 is 26.6 Å². The molecular weight excluding hydrogens is 323 g/mol. The molecule has 7 nitrogen and oxygen atoms in total. The Labute approximate surface area is 132 Å². The number of nitrogens with one attached hydrogen (secondary N) is 2. The molecule has 23 heavy (non-hydrogen) atoms. The first-order valence-electron chi connectivity index (χ1n) is 6.98. The van der Waals surface area contributed by atoms with Gasteiger partial charge in [0.05, 0.1) is 0 Å². The van der Waals surface area contributed by atoms with E-state index in [0.717, 1.165) is 25.0 Å². The molecule has 0 saturated heterocycles. The van der Waals surface area contributed by atoms with Crippen LogP contribution in [0.15, 0.2) is 35.4 Å². The highest BCUT2D eigenvalue weighted by Crippen LogP contribution is 2.24. The number of carbonyl (C=O) groups excluding carboxylic acids is 1. The maximum atomic E-state index is 13.9. The molecule has 1 aromatic heterocycles. The molecule has 1 fully saturated rings. The van der Waals surface area contributed by atoms with Crippen LogP contribution in [0.4, 0.5) is 10.2 Å². The predicted molar refractivity (Wildman–Crippen MR) is 80.9 cm³/mol. The van der Waals surface area contributed by atoms with Crippen molar-refractivity contribution in [2.45, 2.75) is 23.8 Å². The Morgan fingerprint density at radius 3 is 2.70 bits per heavy atom. The van der Waals surface area contributed by atoms with E-state index >= 15 is 0 Å². The van der Waals surface area contributed by atoms with Gasteiger partial charge < -0.3 is 5.32 Å². The van der Waals surface area contributed by atoms with E-state index in [1.54, 1.807) is 19.3 Å². The van der Waals surface area contributed by atoms with E-state index in [-0.39, 0.29) is 11.6 Å². The Bertz CT molecular complexity index is 859. The lowest BCUT2D eigenvalue weighted by molar-refractivity contribution is 0.102. The van der Waals surface area contributed by atoms with Gasteiger partial charge in [-0.25, -0.2) is 17.5 Å². The molecule has 9 heteroatoms. The van der Waals surface area contributed by atoms with E-state index in [4.69, 9.17) is 0 Å². The number of nitrogens with zero attached hydrogens (tertiary/aromatic N) is 2. The molecule has 0 bridgehead atoms. The van der Waals surface area contributed by atoms with Crippen molar-refractivity contribution in [1.82, 2.24) is 14.5 Å². The minimum absolute atomic E-state index is 0.0354. The van der Waals surface area contributed by atoms with Crippen LogP contribution in [0.3, 0.4) is 0 Å². The number of rotatable bonds is 5. The molecule has 2 aromatic rings. The summed E-state index contributed by atoms with van der Waals surface area (Å²) in [5, 5.41) is 6.51. The molecule has 0 aliphatic heterocycles. The number of aromatic nitrogens is 2. The number of benzene rings is 1. The summed E-state index contributed by atoms with van der Waals surface area (Å²) in [6.07, 6.45) is 3.12. The molecule has 0 radical (unpaired) electrons. The van der Waals surface area contributed by atoms with Crippen LogP contribution in [-0.2, 0) is 17.1 Å². The number of hydrogen-bond acceptors (Lipinski definition) is 4. The standard InChI is InChI=1S/C14H15FN4O3S/c1-19-7-6-13(17-19)16-14(20)9-2-5-11(15)12(8-9)23(21,22)18-10-3-4-10/h2,5-8,10,18H,3-4H2,1H3,(H,16,17,20). The van der Waals surface area contributed by atoms with Gasteiger partial charge in [0.15, 0.2) is 5.82 Å². The van der Waals surface area contributed by atoms with Crippen molar-refractivity contribution >= 4 is 21.7 Å². The predicted octanol–water partition coefficient (Wildman–Crippen LogP) is 1.25. The van der Waals surface area contributed by atoms with Crippen LogP contribution in [0.5, 0.6) is 0 Å². The summed E-state index contributed by atoms with van der Waals surface area (Å²) in [5.74, 6) is -1.14. The first-order valence-corrected chi connectivity index (χ1v) is 8.46. The van der Waals surface area contributed by atoms with E-state index in [9.17, 15) is 17.6 Å². The van der Waals surface area contributed by atoms with Crippen molar-refractivity contribution in [1.29, 1.82) is 0 Å². The monoisotopic (exact) mass is 338 g/mol. The third-order valence-electron chi connectivity index (χ3n) is 3.34. The van der Waals surface area contributed by atoms with E-state index in [1.165, 1.54) is 10.7 Å². The SMILES string of the molecule is Cn1ccc(NC(=O)c2ccc(F)c(S(=O)(=O)NC3CC3)c2)n1. The summed E-state index contributed by atoms with van der Waals surface area (Å²) in [4.78, 5) is 11.6. The fraction of sp³-hybridized carbons (Fsp3) is 0.286. The van der Waals surface area contributed by atoms with Crippen LogP contribution >= 0.6 is 0 Å². The molecule has 1 aliphatic carbocycles. The number of amides is 1. The molecule has 1 saturated carbocycles. The molecule has 1 amide bonds. The largest absolute Gasteiger partial charge is 0.305 e. The molecular formula is C14H15FN4O3S. The van der Waals surface area contributed by atoms with Gasteiger partial charge in [0, 0.05) is 30.9 Å². The van der Waals surface area contributed by atoms with Crippen molar-refractivity contribution in [2.75, 3.05) is 5.32 Å². The van der Waals surface area contributed by atoms with Gasteiger partial charge in [-0.15, -0.1) is 0 Å². The van der Waals surface area contributed by atoms with Crippen molar-refractivity contribution in [3.05, 3.63) is 41.8 Å². The molecule has 0 atom stereocenters. The quantitative estimate of drug-likeness (QED) is 0.858. The van der Waals surface area contributed by atoms with Gasteiger partial charge in [0.1, 0.15) is 10.7 Å². The Morgan fingerprint density at radius 1 is 1.35 bits per heavy atom. The maximum absolute atomic E-state index is 13.9. The highest BCUT2D eigenvalue weighted by molar-refractivity contribution is 7.89. The van der Waals surface area contributed by atoms with E-state index in [2.05, 4.69) is 15.1 Å². The van der Waals surface area contributed by atoms with Crippen molar-refractivity contribution in [3.8, 4) is 0 Å². The fourth-order valence-electron chi connectivity index (χ4n) is 2.00. The molecule has 0 spiro atoms. The minimum atomic E-state index is -3.98. The van der Waals surface area contributed by atoms with Gasteiger partial charge in [-0.3, -0.25) is 9.48 Å². The zero-order chi connectivity index (χ0) is 16.6. The van der Waals surface area contributed by atoms with Crippen LogP contribution in [0.2, 0.25) is 0 Å². The van der Waals surface area contributed by atoms with Gasteiger partial charge in [0.25, 0.3) is 5.91 Å². The Hall–Kier alpha value is -2.26. The van der Waals surface area contributed by atoms with Crippen LogP contribution < -0.4 is 10.0 Å². The summed E-state index contributed by atoms with van der Waals surface area (Å²) in [6, 6.07) is 4.66. The fourth-order valence-corrected chi connectivity index (χ4v) is 3.41. The lowest BCUT2D eigenvalue weighted by Crippen LogP contribution is -2.27. The zero-order valence-corrected chi connectivity index (χ0v) is 13.1. The van der Waals surface area contributed by atoms with Gasteiger partial charge >= 0.3 is 0 Å². The van der Waals surface area contributed by atoms with Gasteiger partial charge in [0.2, 0.25) is 10.0 Å². The second kappa shape index (κ2) is 5.74. The van der Waals surface area contributed by atoms with Gasteiger partial charge in [-0.05, 0) is 31.0 Å². The average molecular weight is 338 g/mol. The Balaban J connectivity index is 1.85. The van der Waals surface area contributed by atoms with E-state index in [0.29, 0.717) is 5.82 Å².